The highest BCUT2D eigenvalue weighted by atomic mass is 16.2. The van der Waals surface area contributed by atoms with Crippen LogP contribution in [0, 0.1) is 0 Å². The van der Waals surface area contributed by atoms with Gasteiger partial charge in [0.2, 0.25) is 0 Å². The van der Waals surface area contributed by atoms with E-state index in [1.165, 1.54) is 0 Å². The van der Waals surface area contributed by atoms with Crippen molar-refractivity contribution in [3.63, 3.8) is 0 Å². The third-order valence-electron chi connectivity index (χ3n) is 6.29. The van der Waals surface area contributed by atoms with Crippen LogP contribution in [0.2, 0.25) is 0 Å². The number of nitrogens with one attached hydrogen (secondary N) is 2. The zero-order chi connectivity index (χ0) is 22.0. The number of likely N-dealkylation sites (tertiary alicyclic amines) is 1. The summed E-state index contributed by atoms with van der Waals surface area (Å²) in [5.41, 5.74) is 3.73. The van der Waals surface area contributed by atoms with E-state index in [2.05, 4.69) is 26.3 Å². The lowest BCUT2D eigenvalue weighted by Crippen LogP contribution is -2.51. The molecule has 4 amide bonds. The highest BCUT2D eigenvalue weighted by Crippen LogP contribution is 2.31. The second kappa shape index (κ2) is 8.55. The minimum atomic E-state index is -1.04. The molecule has 8 heteroatoms. The van der Waals surface area contributed by atoms with E-state index in [9.17, 15) is 14.4 Å². The smallest absolute Gasteiger partial charge is 0.344 e. The fraction of sp³-hybridized carbons (Fsp3) is 0.435. The SMILES string of the molecule is Cn1cccc1[C@@H]1CCCN1CC(=O)NN1C(=O)N[C@@](C)(CCc2ccccc2)C1=O. The molecule has 2 aromatic rings. The van der Waals surface area contributed by atoms with Crippen LogP contribution >= 0.6 is 0 Å². The number of nitrogens with zero attached hydrogens (tertiary/aromatic N) is 3. The molecule has 0 aliphatic carbocycles. The lowest BCUT2D eigenvalue weighted by molar-refractivity contribution is -0.139. The largest absolute Gasteiger partial charge is 0.353 e. The first-order valence-corrected chi connectivity index (χ1v) is 10.7. The van der Waals surface area contributed by atoms with Gasteiger partial charge < -0.3 is 9.88 Å². The van der Waals surface area contributed by atoms with Crippen LogP contribution in [0.15, 0.2) is 48.7 Å². The number of hydrazine groups is 1. The maximum atomic E-state index is 12.9. The van der Waals surface area contributed by atoms with Crippen LogP contribution in [-0.4, -0.2) is 50.9 Å². The number of hydrogen-bond donors (Lipinski definition) is 2. The molecule has 8 nitrogen and oxygen atoms in total. The Hall–Kier alpha value is -3.13. The Labute approximate surface area is 182 Å². The first-order chi connectivity index (χ1) is 14.9. The Balaban J connectivity index is 1.36. The van der Waals surface area contributed by atoms with Crippen molar-refractivity contribution in [2.24, 2.45) is 7.05 Å². The van der Waals surface area contributed by atoms with Gasteiger partial charge >= 0.3 is 6.03 Å². The van der Waals surface area contributed by atoms with Gasteiger partial charge in [-0.3, -0.25) is 19.9 Å². The van der Waals surface area contributed by atoms with Crippen LogP contribution in [-0.2, 0) is 23.1 Å². The van der Waals surface area contributed by atoms with Crippen LogP contribution in [0.5, 0.6) is 0 Å². The highest BCUT2D eigenvalue weighted by Gasteiger charge is 2.48. The quantitative estimate of drug-likeness (QED) is 0.668. The van der Waals surface area contributed by atoms with Gasteiger partial charge in [0.15, 0.2) is 0 Å². The molecule has 2 fully saturated rings. The normalized spacial score (nSPS) is 23.9. The van der Waals surface area contributed by atoms with Gasteiger partial charge in [-0.25, -0.2) is 4.79 Å². The molecular formula is C23H29N5O3. The van der Waals surface area contributed by atoms with E-state index in [0.717, 1.165) is 35.7 Å². The van der Waals surface area contributed by atoms with E-state index in [1.54, 1.807) is 6.92 Å². The third-order valence-corrected chi connectivity index (χ3v) is 6.29. The standard InChI is InChI=1S/C23H29N5O3/c1-23(13-12-17-8-4-3-5-9-17)21(30)28(22(31)24-23)25-20(29)16-27-15-7-11-19(27)18-10-6-14-26(18)2/h3-6,8-10,14,19H,7,11-13,15-16H2,1-2H3,(H,24,31)(H,25,29)/t19-,23-/m0/s1. The predicted octanol–water partition coefficient (Wildman–Crippen LogP) is 2.14. The summed E-state index contributed by atoms with van der Waals surface area (Å²) < 4.78 is 2.07. The number of carbonyl (C=O) groups is 3. The molecule has 0 bridgehead atoms. The summed E-state index contributed by atoms with van der Waals surface area (Å²) in [6.45, 7) is 2.64. The highest BCUT2D eigenvalue weighted by molar-refractivity contribution is 6.07. The van der Waals surface area contributed by atoms with Crippen molar-refractivity contribution in [2.75, 3.05) is 13.1 Å². The van der Waals surface area contributed by atoms with Crippen molar-refractivity contribution < 1.29 is 14.4 Å². The molecule has 3 heterocycles. The van der Waals surface area contributed by atoms with E-state index >= 15 is 0 Å². The van der Waals surface area contributed by atoms with Crippen LogP contribution in [0.1, 0.15) is 43.5 Å². The third kappa shape index (κ3) is 4.34. The van der Waals surface area contributed by atoms with Gasteiger partial charge in [-0.1, -0.05) is 30.3 Å². The minimum absolute atomic E-state index is 0.133. The summed E-state index contributed by atoms with van der Waals surface area (Å²) in [4.78, 5) is 40.2. The molecule has 0 radical (unpaired) electrons. The topological polar surface area (TPSA) is 86.7 Å². The predicted molar refractivity (Wildman–Crippen MR) is 116 cm³/mol. The molecule has 0 unspecified atom stereocenters. The Kier molecular flexibility index (Phi) is 5.82. The van der Waals surface area contributed by atoms with Gasteiger partial charge in [0.25, 0.3) is 11.8 Å². The van der Waals surface area contributed by atoms with Crippen molar-refractivity contribution in [3.8, 4) is 0 Å². The Morgan fingerprint density at radius 3 is 2.68 bits per heavy atom. The average Bonchev–Trinajstić information content (AvgIpc) is 3.43. The monoisotopic (exact) mass is 423 g/mol. The van der Waals surface area contributed by atoms with Gasteiger partial charge in [-0.05, 0) is 56.8 Å². The van der Waals surface area contributed by atoms with Crippen molar-refractivity contribution in [2.45, 2.75) is 44.2 Å². The summed E-state index contributed by atoms with van der Waals surface area (Å²) in [6, 6.07) is 13.4. The molecule has 2 aliphatic heterocycles. The van der Waals surface area contributed by atoms with E-state index in [1.807, 2.05) is 49.6 Å². The number of carbonyl (C=O) groups excluding carboxylic acids is 3. The first-order valence-electron chi connectivity index (χ1n) is 10.7. The number of aromatic nitrogens is 1. The molecule has 0 spiro atoms. The number of rotatable bonds is 7. The van der Waals surface area contributed by atoms with Crippen LogP contribution in [0.3, 0.4) is 0 Å². The van der Waals surface area contributed by atoms with E-state index in [-0.39, 0.29) is 18.5 Å². The molecule has 2 aliphatic rings. The number of hydrogen-bond acceptors (Lipinski definition) is 4. The van der Waals surface area contributed by atoms with Crippen molar-refractivity contribution in [1.82, 2.24) is 25.2 Å². The molecular weight excluding hydrogens is 394 g/mol. The second-order valence-corrected chi connectivity index (χ2v) is 8.60. The molecule has 2 atom stereocenters. The number of benzene rings is 1. The maximum Gasteiger partial charge on any atom is 0.344 e. The van der Waals surface area contributed by atoms with Gasteiger partial charge in [-0.15, -0.1) is 0 Å². The molecule has 2 N–H and O–H groups in total. The number of amides is 4. The zero-order valence-electron chi connectivity index (χ0n) is 18.0. The molecule has 4 rings (SSSR count). The minimum Gasteiger partial charge on any atom is -0.353 e. The summed E-state index contributed by atoms with van der Waals surface area (Å²) in [5.74, 6) is -0.792. The number of urea groups is 1. The second-order valence-electron chi connectivity index (χ2n) is 8.60. The molecule has 31 heavy (non-hydrogen) atoms. The number of aryl methyl sites for hydroxylation is 2. The maximum absolute atomic E-state index is 12.9. The fourth-order valence-corrected chi connectivity index (χ4v) is 4.51. The molecule has 1 aromatic carbocycles. The molecule has 0 saturated carbocycles. The molecule has 164 valence electrons. The summed E-state index contributed by atoms with van der Waals surface area (Å²) in [5, 5.41) is 3.58. The first kappa shape index (κ1) is 21.1. The molecule has 2 saturated heterocycles. The average molecular weight is 424 g/mol. The van der Waals surface area contributed by atoms with Crippen LogP contribution in [0.25, 0.3) is 0 Å². The summed E-state index contributed by atoms with van der Waals surface area (Å²) in [6.07, 6.45) is 5.08. The van der Waals surface area contributed by atoms with Gasteiger partial charge in [-0.2, -0.15) is 5.01 Å². The van der Waals surface area contributed by atoms with E-state index in [0.29, 0.717) is 12.8 Å². The number of imide groups is 1. The van der Waals surface area contributed by atoms with Crippen molar-refractivity contribution in [1.29, 1.82) is 0 Å². The molecule has 1 aromatic heterocycles. The fourth-order valence-electron chi connectivity index (χ4n) is 4.51. The summed E-state index contributed by atoms with van der Waals surface area (Å²) >= 11 is 0. The lowest BCUT2D eigenvalue weighted by Gasteiger charge is -2.25. The zero-order valence-corrected chi connectivity index (χ0v) is 18.0. The van der Waals surface area contributed by atoms with E-state index < -0.39 is 17.5 Å². The Bertz CT molecular complexity index is 973. The van der Waals surface area contributed by atoms with Crippen LogP contribution in [0.4, 0.5) is 4.79 Å². The Morgan fingerprint density at radius 2 is 1.97 bits per heavy atom. The summed E-state index contributed by atoms with van der Waals surface area (Å²) in [7, 11) is 2.00. The van der Waals surface area contributed by atoms with Gasteiger partial charge in [0.05, 0.1) is 12.6 Å². The van der Waals surface area contributed by atoms with Crippen molar-refractivity contribution >= 4 is 17.8 Å². The van der Waals surface area contributed by atoms with E-state index in [4.69, 9.17) is 0 Å². The van der Waals surface area contributed by atoms with Gasteiger partial charge in [0.1, 0.15) is 5.54 Å². The van der Waals surface area contributed by atoms with Gasteiger partial charge in [0, 0.05) is 18.9 Å². The van der Waals surface area contributed by atoms with Crippen molar-refractivity contribution in [3.05, 3.63) is 59.9 Å². The van der Waals surface area contributed by atoms with Crippen LogP contribution < -0.4 is 10.7 Å². The Morgan fingerprint density at radius 1 is 1.19 bits per heavy atom. The lowest BCUT2D eigenvalue weighted by atomic mass is 9.93.